The first kappa shape index (κ1) is 20.5. The largest absolute Gasteiger partial charge is 0.416 e. The van der Waals surface area contributed by atoms with Crippen molar-refractivity contribution in [2.45, 2.75) is 37.5 Å². The second-order valence-corrected chi connectivity index (χ2v) is 8.40. The monoisotopic (exact) mass is 504 g/mol. The minimum absolute atomic E-state index is 0.101. The SMILES string of the molecule is FC(F)(F)c1cc(-n2c[n+]3c(n2)COC2Cc4ccc(Br)cc4C23)cc(C(F)(F)F)c1. The van der Waals surface area contributed by atoms with Crippen LogP contribution in [-0.4, -0.2) is 15.9 Å². The fraction of sp³-hybridized carbons (Fsp3) is 0.300. The van der Waals surface area contributed by atoms with E-state index in [-0.39, 0.29) is 30.5 Å². The summed E-state index contributed by atoms with van der Waals surface area (Å²) in [4.78, 5) is 0. The number of benzene rings is 2. The topological polar surface area (TPSA) is 30.9 Å². The highest BCUT2D eigenvalue weighted by atomic mass is 79.9. The van der Waals surface area contributed by atoms with Crippen molar-refractivity contribution in [3.8, 4) is 5.69 Å². The van der Waals surface area contributed by atoms with Gasteiger partial charge in [-0.05, 0) is 41.5 Å². The molecule has 0 N–H and O–H groups in total. The summed E-state index contributed by atoms with van der Waals surface area (Å²) in [7, 11) is 0. The summed E-state index contributed by atoms with van der Waals surface area (Å²) >= 11 is 3.43. The first-order valence-electron chi connectivity index (χ1n) is 9.20. The van der Waals surface area contributed by atoms with E-state index in [0.717, 1.165) is 20.3 Å². The maximum Gasteiger partial charge on any atom is 0.416 e. The van der Waals surface area contributed by atoms with Crippen LogP contribution < -0.4 is 4.57 Å². The Labute approximate surface area is 180 Å². The number of aromatic nitrogens is 3. The van der Waals surface area contributed by atoms with E-state index in [2.05, 4.69) is 21.0 Å². The molecule has 4 nitrogen and oxygen atoms in total. The normalized spacial score (nSPS) is 20.4. The van der Waals surface area contributed by atoms with Crippen LogP contribution in [0, 0.1) is 0 Å². The predicted molar refractivity (Wildman–Crippen MR) is 98.3 cm³/mol. The summed E-state index contributed by atoms with van der Waals surface area (Å²) in [6.07, 6.45) is -7.96. The second-order valence-electron chi connectivity index (χ2n) is 7.49. The van der Waals surface area contributed by atoms with Gasteiger partial charge in [0.2, 0.25) is 6.33 Å². The lowest BCUT2D eigenvalue weighted by atomic mass is 10.1. The van der Waals surface area contributed by atoms with Gasteiger partial charge in [0.15, 0.2) is 0 Å². The average Bonchev–Trinajstić information content (AvgIpc) is 3.27. The summed E-state index contributed by atoms with van der Waals surface area (Å²) in [6.45, 7) is 0.106. The Morgan fingerprint density at radius 2 is 1.68 bits per heavy atom. The second kappa shape index (κ2) is 6.80. The molecule has 0 spiro atoms. The molecular weight excluding hydrogens is 492 g/mol. The maximum atomic E-state index is 13.2. The van der Waals surface area contributed by atoms with Crippen LogP contribution in [0.15, 0.2) is 47.2 Å². The minimum Gasteiger partial charge on any atom is -0.363 e. The van der Waals surface area contributed by atoms with Gasteiger partial charge in [-0.1, -0.05) is 26.7 Å². The first-order chi connectivity index (χ1) is 14.5. The number of halogens is 7. The third kappa shape index (κ3) is 3.53. The van der Waals surface area contributed by atoms with E-state index in [1.165, 1.54) is 6.33 Å². The fourth-order valence-corrected chi connectivity index (χ4v) is 4.51. The Morgan fingerprint density at radius 3 is 2.32 bits per heavy atom. The Morgan fingerprint density at radius 1 is 1.00 bits per heavy atom. The van der Waals surface area contributed by atoms with E-state index in [9.17, 15) is 26.3 Å². The zero-order valence-electron chi connectivity index (χ0n) is 15.5. The molecule has 2 unspecified atom stereocenters. The van der Waals surface area contributed by atoms with Gasteiger partial charge in [0, 0.05) is 16.0 Å². The van der Waals surface area contributed by atoms with Crippen molar-refractivity contribution < 1.29 is 35.6 Å². The zero-order valence-corrected chi connectivity index (χ0v) is 17.1. The van der Waals surface area contributed by atoms with Crippen molar-refractivity contribution in [1.82, 2.24) is 9.78 Å². The molecule has 31 heavy (non-hydrogen) atoms. The van der Waals surface area contributed by atoms with Gasteiger partial charge in [0.25, 0.3) is 0 Å². The molecule has 1 aliphatic heterocycles. The van der Waals surface area contributed by atoms with Gasteiger partial charge in [-0.2, -0.15) is 26.3 Å². The number of rotatable bonds is 1. The van der Waals surface area contributed by atoms with Crippen LogP contribution in [0.3, 0.4) is 0 Å². The Kier molecular flexibility index (Phi) is 4.50. The predicted octanol–water partition coefficient (Wildman–Crippen LogP) is 5.00. The van der Waals surface area contributed by atoms with Gasteiger partial charge in [0.05, 0.1) is 11.1 Å². The Balaban J connectivity index is 1.63. The molecule has 0 fully saturated rings. The fourth-order valence-electron chi connectivity index (χ4n) is 4.13. The molecule has 2 aromatic carbocycles. The number of nitrogens with zero attached hydrogens (tertiary/aromatic N) is 3. The smallest absolute Gasteiger partial charge is 0.363 e. The minimum atomic E-state index is -4.93. The van der Waals surface area contributed by atoms with E-state index >= 15 is 0 Å². The van der Waals surface area contributed by atoms with Crippen molar-refractivity contribution in [1.29, 1.82) is 0 Å². The van der Waals surface area contributed by atoms with E-state index < -0.39 is 23.5 Å². The van der Waals surface area contributed by atoms with Crippen LogP contribution >= 0.6 is 15.9 Å². The Bertz CT molecular complexity index is 1150. The van der Waals surface area contributed by atoms with Crippen molar-refractivity contribution in [3.05, 3.63) is 75.3 Å². The first-order valence-corrected chi connectivity index (χ1v) is 9.99. The molecule has 2 aliphatic rings. The standard InChI is InChI=1S/C20H13BrF6N3O/c21-13-2-1-10-3-16-18(15(10)7-13)29-9-30(28-17(29)8-31-16)14-5-11(19(22,23)24)4-12(6-14)20(25,26)27/h1-2,4-7,9,16,18H,3,8H2/q+1. The number of alkyl halides is 6. The zero-order chi connectivity index (χ0) is 22.1. The highest BCUT2D eigenvalue weighted by molar-refractivity contribution is 9.10. The lowest BCUT2D eigenvalue weighted by Crippen LogP contribution is -2.51. The van der Waals surface area contributed by atoms with Gasteiger partial charge in [0.1, 0.15) is 24.4 Å². The summed E-state index contributed by atoms with van der Waals surface area (Å²) in [6, 6.07) is 6.97. The quantitative estimate of drug-likeness (QED) is 0.344. The van der Waals surface area contributed by atoms with E-state index in [1.807, 2.05) is 18.2 Å². The summed E-state index contributed by atoms with van der Waals surface area (Å²) in [5, 5.41) is 4.23. The van der Waals surface area contributed by atoms with Crippen LogP contribution in [0.25, 0.3) is 5.69 Å². The van der Waals surface area contributed by atoms with E-state index in [0.29, 0.717) is 24.4 Å². The van der Waals surface area contributed by atoms with Crippen LogP contribution in [0.4, 0.5) is 26.3 Å². The molecule has 0 saturated carbocycles. The molecule has 1 aliphatic carbocycles. The highest BCUT2D eigenvalue weighted by Crippen LogP contribution is 2.39. The molecule has 162 valence electrons. The van der Waals surface area contributed by atoms with Crippen LogP contribution in [0.5, 0.6) is 0 Å². The highest BCUT2D eigenvalue weighted by Gasteiger charge is 2.44. The third-order valence-electron chi connectivity index (χ3n) is 5.52. The maximum absolute atomic E-state index is 13.2. The molecule has 0 bridgehead atoms. The molecular formula is C20H13BrF6N3O+. The molecule has 1 aromatic heterocycles. The number of hydrogen-bond donors (Lipinski definition) is 0. The molecule has 2 heterocycles. The molecule has 0 amide bonds. The molecule has 2 atom stereocenters. The number of hydrogen-bond acceptors (Lipinski definition) is 2. The number of fused-ring (bicyclic) bond motifs is 5. The Hall–Kier alpha value is -2.40. The van der Waals surface area contributed by atoms with Gasteiger partial charge in [-0.15, -0.1) is 0 Å². The van der Waals surface area contributed by atoms with Crippen molar-refractivity contribution in [3.63, 3.8) is 0 Å². The van der Waals surface area contributed by atoms with Crippen LogP contribution in [0.1, 0.15) is 34.1 Å². The van der Waals surface area contributed by atoms with E-state index in [1.54, 1.807) is 4.57 Å². The summed E-state index contributed by atoms with van der Waals surface area (Å²) < 4.78 is 88.9. The van der Waals surface area contributed by atoms with Gasteiger partial charge in [-0.3, -0.25) is 0 Å². The van der Waals surface area contributed by atoms with Gasteiger partial charge >= 0.3 is 18.2 Å². The molecule has 0 radical (unpaired) electrons. The van der Waals surface area contributed by atoms with Crippen molar-refractivity contribution >= 4 is 15.9 Å². The van der Waals surface area contributed by atoms with Gasteiger partial charge in [-0.25, -0.2) is 4.57 Å². The average molecular weight is 505 g/mol. The lowest BCUT2D eigenvalue weighted by molar-refractivity contribution is -0.739. The van der Waals surface area contributed by atoms with Crippen LogP contribution in [-0.2, 0) is 30.1 Å². The molecule has 11 heteroatoms. The molecule has 5 rings (SSSR count). The van der Waals surface area contributed by atoms with E-state index in [4.69, 9.17) is 4.74 Å². The molecule has 3 aromatic rings. The summed E-state index contributed by atoms with van der Waals surface area (Å²) in [5.74, 6) is 0.417. The van der Waals surface area contributed by atoms with Crippen molar-refractivity contribution in [2.75, 3.05) is 0 Å². The van der Waals surface area contributed by atoms with Gasteiger partial charge < -0.3 is 4.74 Å². The lowest BCUT2D eigenvalue weighted by Gasteiger charge is -2.23. The van der Waals surface area contributed by atoms with Crippen LogP contribution in [0.2, 0.25) is 0 Å². The summed E-state index contributed by atoms with van der Waals surface area (Å²) in [5.41, 5.74) is -1.05. The van der Waals surface area contributed by atoms with Crippen molar-refractivity contribution in [2.24, 2.45) is 0 Å². The third-order valence-corrected chi connectivity index (χ3v) is 6.01. The number of ether oxygens (including phenoxy) is 1. The molecule has 0 saturated heterocycles.